The average molecular weight is 439 g/mol. The number of aliphatic carboxylic acids is 1. The van der Waals surface area contributed by atoms with Gasteiger partial charge in [-0.15, -0.1) is 0 Å². The topological polar surface area (TPSA) is 105 Å². The van der Waals surface area contributed by atoms with Gasteiger partial charge in [0.2, 0.25) is 5.91 Å². The Morgan fingerprint density at radius 2 is 1.59 bits per heavy atom. The van der Waals surface area contributed by atoms with E-state index in [0.29, 0.717) is 6.42 Å². The molecule has 2 aromatic carbocycles. The molecule has 32 heavy (non-hydrogen) atoms. The smallest absolute Gasteiger partial charge is 0.407 e. The first-order valence-electron chi connectivity index (χ1n) is 10.8. The standard InChI is InChI=1S/C25H30N2O5/c1-16(23(30)27-25(2,3)13-12-22(28)29)14-26-24(31)32-15-21-19-10-6-4-8-17(19)18-9-5-7-11-20(18)21/h4-11,16,21H,12-15H2,1-3H3,(H,26,31)(H,27,30)(H,28,29). The summed E-state index contributed by atoms with van der Waals surface area (Å²) in [6, 6.07) is 16.2. The molecular weight excluding hydrogens is 408 g/mol. The van der Waals surface area contributed by atoms with E-state index in [2.05, 4.69) is 34.9 Å². The molecule has 0 radical (unpaired) electrons. The van der Waals surface area contributed by atoms with Gasteiger partial charge in [-0.25, -0.2) is 4.79 Å². The highest BCUT2D eigenvalue weighted by Gasteiger charge is 2.29. The molecule has 0 saturated heterocycles. The molecule has 0 aliphatic heterocycles. The van der Waals surface area contributed by atoms with E-state index in [4.69, 9.17) is 9.84 Å². The van der Waals surface area contributed by atoms with Crippen LogP contribution < -0.4 is 10.6 Å². The highest BCUT2D eigenvalue weighted by Crippen LogP contribution is 2.44. The number of alkyl carbamates (subject to hydrolysis) is 1. The largest absolute Gasteiger partial charge is 0.481 e. The first-order valence-corrected chi connectivity index (χ1v) is 10.8. The lowest BCUT2D eigenvalue weighted by Gasteiger charge is -2.27. The van der Waals surface area contributed by atoms with Gasteiger partial charge in [0.25, 0.3) is 0 Å². The van der Waals surface area contributed by atoms with Crippen LogP contribution in [0.1, 0.15) is 50.7 Å². The summed E-state index contributed by atoms with van der Waals surface area (Å²) in [5.41, 5.74) is 3.95. The SMILES string of the molecule is CC(CNC(=O)OCC1c2ccccc2-c2ccccc21)C(=O)NC(C)(C)CCC(=O)O. The molecule has 170 valence electrons. The average Bonchev–Trinajstić information content (AvgIpc) is 3.08. The lowest BCUT2D eigenvalue weighted by atomic mass is 9.97. The lowest BCUT2D eigenvalue weighted by molar-refractivity contribution is -0.138. The van der Waals surface area contributed by atoms with Crippen molar-refractivity contribution < 1.29 is 24.2 Å². The summed E-state index contributed by atoms with van der Waals surface area (Å²) in [5, 5.41) is 14.3. The summed E-state index contributed by atoms with van der Waals surface area (Å²) >= 11 is 0. The Hall–Kier alpha value is -3.35. The Balaban J connectivity index is 1.49. The fraction of sp³-hybridized carbons (Fsp3) is 0.400. The minimum absolute atomic E-state index is 0.0242. The van der Waals surface area contributed by atoms with Crippen molar-refractivity contribution in [1.29, 1.82) is 0 Å². The second kappa shape index (κ2) is 9.85. The first kappa shape index (κ1) is 23.3. The van der Waals surface area contributed by atoms with Crippen LogP contribution in [0.15, 0.2) is 48.5 Å². The predicted octanol–water partition coefficient (Wildman–Crippen LogP) is 3.92. The van der Waals surface area contributed by atoms with Crippen molar-refractivity contribution in [2.75, 3.05) is 13.2 Å². The molecule has 1 aliphatic rings. The van der Waals surface area contributed by atoms with Crippen molar-refractivity contribution >= 4 is 18.0 Å². The van der Waals surface area contributed by atoms with Gasteiger partial charge in [0.15, 0.2) is 0 Å². The lowest BCUT2D eigenvalue weighted by Crippen LogP contribution is -2.48. The molecule has 0 heterocycles. The second-order valence-corrected chi connectivity index (χ2v) is 8.87. The number of carbonyl (C=O) groups excluding carboxylic acids is 2. The van der Waals surface area contributed by atoms with E-state index in [-0.39, 0.29) is 31.4 Å². The van der Waals surface area contributed by atoms with Crippen LogP contribution in [0, 0.1) is 5.92 Å². The van der Waals surface area contributed by atoms with Crippen molar-refractivity contribution in [3.63, 3.8) is 0 Å². The number of carboxylic acids is 1. The molecule has 1 aliphatic carbocycles. The highest BCUT2D eigenvalue weighted by atomic mass is 16.5. The number of benzene rings is 2. The fourth-order valence-electron chi connectivity index (χ4n) is 3.92. The summed E-state index contributed by atoms with van der Waals surface area (Å²) in [6.07, 6.45) is -0.281. The third kappa shape index (κ3) is 5.66. The third-order valence-electron chi connectivity index (χ3n) is 5.77. The monoisotopic (exact) mass is 438 g/mol. The maximum atomic E-state index is 12.4. The van der Waals surface area contributed by atoms with Gasteiger partial charge < -0.3 is 20.5 Å². The first-order chi connectivity index (χ1) is 15.2. The van der Waals surface area contributed by atoms with Crippen LogP contribution in [0.5, 0.6) is 0 Å². The molecule has 2 amide bonds. The molecule has 2 aromatic rings. The van der Waals surface area contributed by atoms with E-state index < -0.39 is 23.5 Å². The molecule has 3 rings (SSSR count). The molecule has 7 nitrogen and oxygen atoms in total. The zero-order valence-corrected chi connectivity index (χ0v) is 18.7. The van der Waals surface area contributed by atoms with Gasteiger partial charge in [0, 0.05) is 24.4 Å². The normalized spacial score (nSPS) is 13.6. The minimum Gasteiger partial charge on any atom is -0.481 e. The number of fused-ring (bicyclic) bond motifs is 3. The molecule has 0 spiro atoms. The van der Waals surface area contributed by atoms with Crippen molar-refractivity contribution in [2.24, 2.45) is 5.92 Å². The van der Waals surface area contributed by atoms with Crippen molar-refractivity contribution in [3.05, 3.63) is 59.7 Å². The van der Waals surface area contributed by atoms with Crippen molar-refractivity contribution in [1.82, 2.24) is 10.6 Å². The van der Waals surface area contributed by atoms with Crippen LogP contribution in [0.4, 0.5) is 4.79 Å². The number of rotatable bonds is 9. The van der Waals surface area contributed by atoms with Gasteiger partial charge in [-0.05, 0) is 42.5 Å². The number of ether oxygens (including phenoxy) is 1. The predicted molar refractivity (Wildman–Crippen MR) is 121 cm³/mol. The molecular formula is C25H30N2O5. The van der Waals surface area contributed by atoms with E-state index in [9.17, 15) is 14.4 Å². The molecule has 7 heteroatoms. The number of hydrogen-bond acceptors (Lipinski definition) is 4. The molecule has 0 saturated carbocycles. The fourth-order valence-corrected chi connectivity index (χ4v) is 3.92. The molecule has 1 unspecified atom stereocenters. The van der Waals surface area contributed by atoms with Gasteiger partial charge in [0.1, 0.15) is 6.61 Å². The van der Waals surface area contributed by atoms with Crippen LogP contribution in [0.3, 0.4) is 0 Å². The molecule has 0 aromatic heterocycles. The summed E-state index contributed by atoms with van der Waals surface area (Å²) in [7, 11) is 0. The maximum absolute atomic E-state index is 12.4. The van der Waals surface area contributed by atoms with Gasteiger partial charge >= 0.3 is 12.1 Å². The van der Waals surface area contributed by atoms with Crippen molar-refractivity contribution in [3.8, 4) is 11.1 Å². The van der Waals surface area contributed by atoms with Gasteiger partial charge in [-0.2, -0.15) is 0 Å². The maximum Gasteiger partial charge on any atom is 0.407 e. The third-order valence-corrected chi connectivity index (χ3v) is 5.77. The van der Waals surface area contributed by atoms with E-state index in [0.717, 1.165) is 22.3 Å². The Kier molecular flexibility index (Phi) is 7.18. The second-order valence-electron chi connectivity index (χ2n) is 8.87. The zero-order valence-electron chi connectivity index (χ0n) is 18.7. The molecule has 0 fully saturated rings. The minimum atomic E-state index is -0.905. The van der Waals surface area contributed by atoms with E-state index in [1.807, 2.05) is 24.3 Å². The quantitative estimate of drug-likeness (QED) is 0.550. The van der Waals surface area contributed by atoms with Crippen LogP contribution in [-0.2, 0) is 14.3 Å². The van der Waals surface area contributed by atoms with Gasteiger partial charge in [-0.3, -0.25) is 9.59 Å². The Bertz CT molecular complexity index is 956. The zero-order chi connectivity index (χ0) is 23.3. The van der Waals surface area contributed by atoms with E-state index >= 15 is 0 Å². The highest BCUT2D eigenvalue weighted by molar-refractivity contribution is 5.80. The number of hydrogen-bond donors (Lipinski definition) is 3. The summed E-state index contributed by atoms with van der Waals surface area (Å²) in [4.78, 5) is 35.5. The summed E-state index contributed by atoms with van der Waals surface area (Å²) in [6.45, 7) is 5.59. The molecule has 0 bridgehead atoms. The van der Waals surface area contributed by atoms with E-state index in [1.165, 1.54) is 0 Å². The molecule has 1 atom stereocenters. The Morgan fingerprint density at radius 3 is 2.16 bits per heavy atom. The van der Waals surface area contributed by atoms with Gasteiger partial charge in [-0.1, -0.05) is 55.5 Å². The van der Waals surface area contributed by atoms with E-state index in [1.54, 1.807) is 20.8 Å². The number of carboxylic acid groups (broad SMARTS) is 1. The number of carbonyl (C=O) groups is 3. The summed E-state index contributed by atoms with van der Waals surface area (Å²) in [5.74, 6) is -1.67. The number of amides is 2. The number of nitrogens with one attached hydrogen (secondary N) is 2. The van der Waals surface area contributed by atoms with Crippen molar-refractivity contribution in [2.45, 2.75) is 45.1 Å². The Morgan fingerprint density at radius 1 is 1.03 bits per heavy atom. The van der Waals surface area contributed by atoms with Crippen LogP contribution in [0.25, 0.3) is 11.1 Å². The van der Waals surface area contributed by atoms with Crippen LogP contribution >= 0.6 is 0 Å². The van der Waals surface area contributed by atoms with Crippen LogP contribution in [0.2, 0.25) is 0 Å². The van der Waals surface area contributed by atoms with Crippen LogP contribution in [-0.4, -0.2) is 41.8 Å². The van der Waals surface area contributed by atoms with Gasteiger partial charge in [0.05, 0.1) is 5.92 Å². The molecule has 3 N–H and O–H groups in total. The Labute approximate surface area is 188 Å². The summed E-state index contributed by atoms with van der Waals surface area (Å²) < 4.78 is 5.49.